The van der Waals surface area contributed by atoms with Gasteiger partial charge in [0.2, 0.25) is 5.95 Å². The van der Waals surface area contributed by atoms with Crippen molar-refractivity contribution in [3.05, 3.63) is 16.7 Å². The van der Waals surface area contributed by atoms with Crippen LogP contribution < -0.4 is 11.3 Å². The van der Waals surface area contributed by atoms with Crippen molar-refractivity contribution in [2.45, 2.75) is 24.9 Å². The van der Waals surface area contributed by atoms with E-state index in [1.807, 2.05) is 0 Å². The Balaban J connectivity index is 1.88. The smallest absolute Gasteiger partial charge is 0.390 e. The molecule has 118 valence electrons. The number of nitrogen functional groups attached to an aromatic ring is 1. The maximum Gasteiger partial charge on any atom is 0.468 e. The third-order valence-corrected chi connectivity index (χ3v) is 3.67. The van der Waals surface area contributed by atoms with E-state index in [2.05, 4.69) is 19.5 Å². The first-order chi connectivity index (χ1) is 10.5. The Labute approximate surface area is 123 Å². The molecule has 0 aromatic carbocycles. The van der Waals surface area contributed by atoms with Gasteiger partial charge in [-0.3, -0.25) is 18.9 Å². The highest BCUT2D eigenvalue weighted by atomic mass is 31.1. The van der Waals surface area contributed by atoms with Gasteiger partial charge in [-0.15, -0.1) is 0 Å². The van der Waals surface area contributed by atoms with Crippen molar-refractivity contribution in [3.8, 4) is 0 Å². The largest absolute Gasteiger partial charge is 0.468 e. The number of ether oxygens (including phenoxy) is 1. The topological polar surface area (TPSA) is 162 Å². The van der Waals surface area contributed by atoms with E-state index >= 15 is 0 Å². The molecule has 2 aromatic heterocycles. The summed E-state index contributed by atoms with van der Waals surface area (Å²) < 4.78 is 32.3. The van der Waals surface area contributed by atoms with Crippen molar-refractivity contribution in [3.63, 3.8) is 0 Å². The summed E-state index contributed by atoms with van der Waals surface area (Å²) in [6.45, 7) is -0.293. The molecular formula is C10H12N5O6P. The molecule has 0 radical (unpaired) electrons. The van der Waals surface area contributed by atoms with E-state index in [1.165, 1.54) is 10.9 Å². The van der Waals surface area contributed by atoms with E-state index in [9.17, 15) is 19.0 Å². The quantitative estimate of drug-likeness (QED) is 0.625. The lowest BCUT2D eigenvalue weighted by Gasteiger charge is -2.14. The molecular weight excluding hydrogens is 317 g/mol. The predicted octanol–water partition coefficient (Wildman–Crippen LogP) is -0.545. The van der Waals surface area contributed by atoms with Gasteiger partial charge in [0.15, 0.2) is 11.2 Å². The number of aliphatic hydroxyl groups excluding tert-OH is 1. The molecule has 1 saturated heterocycles. The molecule has 3 heterocycles. The van der Waals surface area contributed by atoms with Crippen LogP contribution in [0.2, 0.25) is 0 Å². The number of aromatic nitrogens is 4. The molecule has 22 heavy (non-hydrogen) atoms. The molecule has 12 heteroatoms. The lowest BCUT2D eigenvalue weighted by atomic mass is 10.2. The molecule has 1 aliphatic rings. The zero-order valence-electron chi connectivity index (χ0n) is 11.1. The van der Waals surface area contributed by atoms with Crippen LogP contribution in [0.5, 0.6) is 0 Å². The van der Waals surface area contributed by atoms with Crippen molar-refractivity contribution < 1.29 is 23.5 Å². The molecule has 1 fully saturated rings. The summed E-state index contributed by atoms with van der Waals surface area (Å²) in [7, 11) is -3.02. The highest BCUT2D eigenvalue weighted by Crippen LogP contribution is 2.31. The lowest BCUT2D eigenvalue weighted by Crippen LogP contribution is -2.25. The number of rotatable bonds is 4. The Morgan fingerprint density at radius 3 is 3.09 bits per heavy atom. The summed E-state index contributed by atoms with van der Waals surface area (Å²) in [5.74, 6) is -0.0685. The molecule has 11 nitrogen and oxygen atoms in total. The Hall–Kier alpha value is -2.07. The SMILES string of the molecule is Nc1nc2c(ncn2[C@H]2C[C@H](O)[C@@H](COP(=O)=O)O2)c(=O)[nH]1. The second kappa shape index (κ2) is 5.61. The summed E-state index contributed by atoms with van der Waals surface area (Å²) in [5, 5.41) is 9.90. The van der Waals surface area contributed by atoms with Gasteiger partial charge in [0, 0.05) is 6.42 Å². The Morgan fingerprint density at radius 1 is 1.59 bits per heavy atom. The molecule has 0 amide bonds. The van der Waals surface area contributed by atoms with Crippen molar-refractivity contribution in [1.29, 1.82) is 0 Å². The Morgan fingerprint density at radius 2 is 2.36 bits per heavy atom. The molecule has 3 rings (SSSR count). The minimum atomic E-state index is -3.02. The number of hydrogen-bond donors (Lipinski definition) is 3. The number of imidazole rings is 1. The minimum Gasteiger partial charge on any atom is -0.390 e. The fraction of sp³-hybridized carbons (Fsp3) is 0.500. The van der Waals surface area contributed by atoms with E-state index in [1.54, 1.807) is 0 Å². The van der Waals surface area contributed by atoms with Crippen molar-refractivity contribution >= 4 is 25.0 Å². The van der Waals surface area contributed by atoms with Gasteiger partial charge in [-0.25, -0.2) is 14.1 Å². The minimum absolute atomic E-state index is 0.0685. The molecule has 0 unspecified atom stereocenters. The lowest BCUT2D eigenvalue weighted by molar-refractivity contribution is -0.0374. The Bertz CT molecular complexity index is 821. The van der Waals surface area contributed by atoms with Crippen LogP contribution >= 0.6 is 7.91 Å². The third kappa shape index (κ3) is 2.66. The number of anilines is 1. The van der Waals surface area contributed by atoms with E-state index in [4.69, 9.17) is 10.5 Å². The molecule has 2 aromatic rings. The van der Waals surface area contributed by atoms with Crippen molar-refractivity contribution in [2.24, 2.45) is 0 Å². The number of nitrogens with two attached hydrogens (primary N) is 1. The second-order valence-electron chi connectivity index (χ2n) is 4.73. The first-order valence-corrected chi connectivity index (χ1v) is 7.38. The summed E-state index contributed by atoms with van der Waals surface area (Å²) in [5.41, 5.74) is 5.33. The zero-order chi connectivity index (χ0) is 15.9. The van der Waals surface area contributed by atoms with Gasteiger partial charge >= 0.3 is 7.91 Å². The average Bonchev–Trinajstić information content (AvgIpc) is 3.00. The molecule has 1 aliphatic heterocycles. The molecule has 0 bridgehead atoms. The average molecular weight is 329 g/mol. The summed E-state index contributed by atoms with van der Waals surface area (Å²) in [4.78, 5) is 22.0. The van der Waals surface area contributed by atoms with E-state index in [-0.39, 0.29) is 30.1 Å². The highest BCUT2D eigenvalue weighted by molar-refractivity contribution is 7.24. The van der Waals surface area contributed by atoms with Gasteiger partial charge in [0.1, 0.15) is 12.3 Å². The molecule has 3 atom stereocenters. The maximum atomic E-state index is 11.7. The van der Waals surface area contributed by atoms with Crippen LogP contribution in [-0.4, -0.2) is 43.4 Å². The summed E-state index contributed by atoms with van der Waals surface area (Å²) in [6.07, 6.45) is -0.872. The molecule has 0 aliphatic carbocycles. The third-order valence-electron chi connectivity index (χ3n) is 3.31. The van der Waals surface area contributed by atoms with E-state index in [0.29, 0.717) is 0 Å². The van der Waals surface area contributed by atoms with Crippen LogP contribution in [-0.2, 0) is 18.4 Å². The van der Waals surface area contributed by atoms with Crippen LogP contribution in [0.4, 0.5) is 5.95 Å². The van der Waals surface area contributed by atoms with Crippen molar-refractivity contribution in [1.82, 2.24) is 19.5 Å². The number of hydrogen-bond acceptors (Lipinski definition) is 9. The van der Waals surface area contributed by atoms with Crippen LogP contribution in [0, 0.1) is 0 Å². The number of aliphatic hydroxyl groups is 1. The standard InChI is InChI=1S/C10H12N5O6P/c11-10-13-8-7(9(17)14-10)12-3-15(8)6-1-4(16)5(21-6)2-20-22(18)19/h3-6,16H,1-2H2,(H3,11,13,14,17)/t4-,5+,6+/m0/s1. The van der Waals surface area contributed by atoms with Crippen LogP contribution in [0.3, 0.4) is 0 Å². The van der Waals surface area contributed by atoms with Gasteiger partial charge in [-0.05, 0) is 0 Å². The summed E-state index contributed by atoms with van der Waals surface area (Å²) in [6, 6.07) is 0. The maximum absolute atomic E-state index is 11.7. The zero-order valence-corrected chi connectivity index (χ0v) is 12.0. The molecule has 4 N–H and O–H groups in total. The first-order valence-electron chi connectivity index (χ1n) is 6.29. The summed E-state index contributed by atoms with van der Waals surface area (Å²) >= 11 is 0. The van der Waals surface area contributed by atoms with Gasteiger partial charge in [0.25, 0.3) is 5.56 Å². The number of nitrogens with zero attached hydrogens (tertiary/aromatic N) is 3. The number of fused-ring (bicyclic) bond motifs is 1. The Kier molecular flexibility index (Phi) is 3.79. The highest BCUT2D eigenvalue weighted by Gasteiger charge is 2.36. The second-order valence-corrected chi connectivity index (χ2v) is 5.43. The van der Waals surface area contributed by atoms with Gasteiger partial charge in [0.05, 0.1) is 19.0 Å². The van der Waals surface area contributed by atoms with E-state index in [0.717, 1.165) is 0 Å². The van der Waals surface area contributed by atoms with Gasteiger partial charge in [-0.1, -0.05) is 0 Å². The van der Waals surface area contributed by atoms with Crippen LogP contribution in [0.15, 0.2) is 11.1 Å². The van der Waals surface area contributed by atoms with Crippen LogP contribution in [0.25, 0.3) is 11.2 Å². The monoisotopic (exact) mass is 329 g/mol. The normalized spacial score (nSPS) is 24.9. The number of aromatic amines is 1. The molecule has 0 saturated carbocycles. The van der Waals surface area contributed by atoms with Gasteiger partial charge in [-0.2, -0.15) is 4.98 Å². The van der Waals surface area contributed by atoms with Crippen LogP contribution in [0.1, 0.15) is 12.6 Å². The first kappa shape index (κ1) is 14.9. The number of nitrogens with one attached hydrogen (secondary N) is 1. The van der Waals surface area contributed by atoms with Crippen molar-refractivity contribution in [2.75, 3.05) is 12.3 Å². The fourth-order valence-corrected chi connectivity index (χ4v) is 2.59. The fourth-order valence-electron chi connectivity index (χ4n) is 2.32. The van der Waals surface area contributed by atoms with E-state index < -0.39 is 31.9 Å². The number of H-pyrrole nitrogens is 1. The predicted molar refractivity (Wildman–Crippen MR) is 71.3 cm³/mol. The van der Waals surface area contributed by atoms with Gasteiger partial charge < -0.3 is 15.6 Å². The molecule has 0 spiro atoms.